The van der Waals surface area contributed by atoms with Gasteiger partial charge in [-0.05, 0) is 35.9 Å². The first-order valence-electron chi connectivity index (χ1n) is 9.43. The van der Waals surface area contributed by atoms with Crippen LogP contribution in [-0.2, 0) is 6.42 Å². The number of carbonyl (C=O) groups is 2. The van der Waals surface area contributed by atoms with Gasteiger partial charge in [-0.15, -0.1) is 0 Å². The molecular formula is C24H24N2O3. The van der Waals surface area contributed by atoms with Crippen LogP contribution in [0.15, 0.2) is 78.9 Å². The molecule has 3 aromatic carbocycles. The summed E-state index contributed by atoms with van der Waals surface area (Å²) in [5.74, 6) is 0.127. The second-order valence-electron chi connectivity index (χ2n) is 6.81. The van der Waals surface area contributed by atoms with Gasteiger partial charge < -0.3 is 15.0 Å². The van der Waals surface area contributed by atoms with E-state index in [4.69, 9.17) is 4.74 Å². The molecule has 0 aromatic heterocycles. The molecule has 2 amide bonds. The molecule has 0 radical (unpaired) electrons. The molecule has 0 saturated carbocycles. The zero-order valence-corrected chi connectivity index (χ0v) is 16.6. The Morgan fingerprint density at radius 2 is 1.62 bits per heavy atom. The lowest BCUT2D eigenvalue weighted by molar-refractivity contribution is 0.0827. The highest BCUT2D eigenvalue weighted by atomic mass is 16.5. The van der Waals surface area contributed by atoms with Crippen molar-refractivity contribution in [2.75, 3.05) is 26.0 Å². The van der Waals surface area contributed by atoms with Crippen molar-refractivity contribution < 1.29 is 14.3 Å². The number of amides is 2. The van der Waals surface area contributed by atoms with E-state index < -0.39 is 0 Å². The van der Waals surface area contributed by atoms with Crippen LogP contribution < -0.4 is 10.1 Å². The number of ether oxygens (including phenoxy) is 1. The molecule has 3 rings (SSSR count). The molecule has 5 heteroatoms. The first-order chi connectivity index (χ1) is 14.0. The second kappa shape index (κ2) is 9.55. The van der Waals surface area contributed by atoms with Gasteiger partial charge in [-0.1, -0.05) is 48.5 Å². The summed E-state index contributed by atoms with van der Waals surface area (Å²) in [6.45, 7) is 0.473. The van der Waals surface area contributed by atoms with E-state index in [0.717, 1.165) is 6.42 Å². The third-order valence-electron chi connectivity index (χ3n) is 4.40. The minimum atomic E-state index is -0.283. The average molecular weight is 388 g/mol. The molecule has 5 nitrogen and oxygen atoms in total. The monoisotopic (exact) mass is 388 g/mol. The van der Waals surface area contributed by atoms with Crippen LogP contribution in [0.4, 0.5) is 5.69 Å². The Balaban J connectivity index is 1.68. The molecule has 0 spiro atoms. The fourth-order valence-electron chi connectivity index (χ4n) is 2.89. The third-order valence-corrected chi connectivity index (χ3v) is 4.40. The highest BCUT2D eigenvalue weighted by molar-refractivity contribution is 6.06. The molecule has 0 aliphatic carbocycles. The Morgan fingerprint density at radius 1 is 0.897 bits per heavy atom. The minimum Gasteiger partial charge on any atom is -0.492 e. The van der Waals surface area contributed by atoms with Crippen LogP contribution >= 0.6 is 0 Å². The Kier molecular flexibility index (Phi) is 6.63. The van der Waals surface area contributed by atoms with E-state index in [2.05, 4.69) is 5.32 Å². The van der Waals surface area contributed by atoms with Crippen LogP contribution in [0.2, 0.25) is 0 Å². The summed E-state index contributed by atoms with van der Waals surface area (Å²) in [5, 5.41) is 2.85. The lowest BCUT2D eigenvalue weighted by Crippen LogP contribution is -2.22. The number of hydrogen-bond donors (Lipinski definition) is 1. The van der Waals surface area contributed by atoms with Crippen molar-refractivity contribution in [1.82, 2.24) is 4.90 Å². The average Bonchev–Trinajstić information content (AvgIpc) is 2.74. The molecule has 29 heavy (non-hydrogen) atoms. The SMILES string of the molecule is CN(C)C(=O)c1cccc(NC(=O)c2ccccc2OCCc2ccccc2)c1. The summed E-state index contributed by atoms with van der Waals surface area (Å²) in [6, 6.07) is 24.1. The number of hydrogen-bond acceptors (Lipinski definition) is 3. The van der Waals surface area contributed by atoms with Gasteiger partial charge in [0.25, 0.3) is 11.8 Å². The number of para-hydroxylation sites is 1. The van der Waals surface area contributed by atoms with Gasteiger partial charge in [0.05, 0.1) is 12.2 Å². The van der Waals surface area contributed by atoms with Gasteiger partial charge >= 0.3 is 0 Å². The van der Waals surface area contributed by atoms with Crippen LogP contribution in [-0.4, -0.2) is 37.4 Å². The molecule has 0 fully saturated rings. The summed E-state index contributed by atoms with van der Waals surface area (Å²) in [5.41, 5.74) is 2.70. The summed E-state index contributed by atoms with van der Waals surface area (Å²) >= 11 is 0. The standard InChI is InChI=1S/C24H24N2O3/c1-26(2)24(28)19-11-8-12-20(17-19)25-23(27)21-13-6-7-14-22(21)29-16-15-18-9-4-3-5-10-18/h3-14,17H,15-16H2,1-2H3,(H,25,27). The van der Waals surface area contributed by atoms with Crippen molar-refractivity contribution in [2.45, 2.75) is 6.42 Å². The molecule has 0 bridgehead atoms. The molecule has 0 aliphatic rings. The normalized spacial score (nSPS) is 10.3. The van der Waals surface area contributed by atoms with Gasteiger partial charge in [0.2, 0.25) is 0 Å². The number of benzene rings is 3. The molecule has 0 unspecified atom stereocenters. The maximum atomic E-state index is 12.8. The molecule has 0 saturated heterocycles. The largest absolute Gasteiger partial charge is 0.492 e. The molecular weight excluding hydrogens is 364 g/mol. The number of rotatable bonds is 7. The van der Waals surface area contributed by atoms with Crippen molar-refractivity contribution in [2.24, 2.45) is 0 Å². The second-order valence-corrected chi connectivity index (χ2v) is 6.81. The fraction of sp³-hybridized carbons (Fsp3) is 0.167. The Bertz CT molecular complexity index is 984. The fourth-order valence-corrected chi connectivity index (χ4v) is 2.89. The van der Waals surface area contributed by atoms with E-state index in [0.29, 0.717) is 29.2 Å². The van der Waals surface area contributed by atoms with Gasteiger partial charge in [0.1, 0.15) is 5.75 Å². The highest BCUT2D eigenvalue weighted by Gasteiger charge is 2.14. The maximum absolute atomic E-state index is 12.8. The van der Waals surface area contributed by atoms with Crippen LogP contribution in [0.25, 0.3) is 0 Å². The molecule has 3 aromatic rings. The first kappa shape index (κ1) is 20.1. The molecule has 0 heterocycles. The van der Waals surface area contributed by atoms with Crippen molar-refractivity contribution in [3.05, 3.63) is 95.6 Å². The molecule has 0 atom stereocenters. The third kappa shape index (κ3) is 5.45. The number of anilines is 1. The van der Waals surface area contributed by atoms with Gasteiger partial charge in [-0.25, -0.2) is 0 Å². The van der Waals surface area contributed by atoms with E-state index >= 15 is 0 Å². The highest BCUT2D eigenvalue weighted by Crippen LogP contribution is 2.21. The number of nitrogens with zero attached hydrogens (tertiary/aromatic N) is 1. The van der Waals surface area contributed by atoms with Gasteiger partial charge in [-0.2, -0.15) is 0 Å². The van der Waals surface area contributed by atoms with Crippen LogP contribution in [0.5, 0.6) is 5.75 Å². The van der Waals surface area contributed by atoms with Crippen molar-refractivity contribution in [3.63, 3.8) is 0 Å². The van der Waals surface area contributed by atoms with E-state index in [9.17, 15) is 9.59 Å². The van der Waals surface area contributed by atoms with Crippen LogP contribution in [0.3, 0.4) is 0 Å². The summed E-state index contributed by atoms with van der Waals surface area (Å²) < 4.78 is 5.87. The molecule has 0 aliphatic heterocycles. The summed E-state index contributed by atoms with van der Waals surface area (Å²) in [7, 11) is 3.38. The minimum absolute atomic E-state index is 0.120. The summed E-state index contributed by atoms with van der Waals surface area (Å²) in [4.78, 5) is 26.4. The van der Waals surface area contributed by atoms with E-state index in [-0.39, 0.29) is 11.8 Å². The Morgan fingerprint density at radius 3 is 2.38 bits per heavy atom. The van der Waals surface area contributed by atoms with Gasteiger partial charge in [0, 0.05) is 31.8 Å². The quantitative estimate of drug-likeness (QED) is 0.658. The van der Waals surface area contributed by atoms with Crippen molar-refractivity contribution in [3.8, 4) is 5.75 Å². The van der Waals surface area contributed by atoms with E-state index in [1.165, 1.54) is 10.5 Å². The van der Waals surface area contributed by atoms with Crippen molar-refractivity contribution in [1.29, 1.82) is 0 Å². The smallest absolute Gasteiger partial charge is 0.259 e. The topological polar surface area (TPSA) is 58.6 Å². The van der Waals surface area contributed by atoms with E-state index in [1.54, 1.807) is 56.6 Å². The van der Waals surface area contributed by atoms with E-state index in [1.807, 2.05) is 36.4 Å². The van der Waals surface area contributed by atoms with Crippen LogP contribution in [0, 0.1) is 0 Å². The van der Waals surface area contributed by atoms with Gasteiger partial charge in [0.15, 0.2) is 0 Å². The maximum Gasteiger partial charge on any atom is 0.259 e. The predicted octanol–water partition coefficient (Wildman–Crippen LogP) is 4.26. The molecule has 148 valence electrons. The Hall–Kier alpha value is -3.60. The number of carbonyl (C=O) groups excluding carboxylic acids is 2. The predicted molar refractivity (Wildman–Crippen MR) is 114 cm³/mol. The zero-order valence-electron chi connectivity index (χ0n) is 16.6. The van der Waals surface area contributed by atoms with Crippen molar-refractivity contribution >= 4 is 17.5 Å². The number of nitrogens with one attached hydrogen (secondary N) is 1. The first-order valence-corrected chi connectivity index (χ1v) is 9.43. The Labute approximate surface area is 170 Å². The summed E-state index contributed by atoms with van der Waals surface area (Å²) in [6.07, 6.45) is 0.755. The van der Waals surface area contributed by atoms with Gasteiger partial charge in [-0.3, -0.25) is 9.59 Å². The van der Waals surface area contributed by atoms with Crippen LogP contribution in [0.1, 0.15) is 26.3 Å². The molecule has 1 N–H and O–H groups in total. The lowest BCUT2D eigenvalue weighted by Gasteiger charge is -2.13. The zero-order chi connectivity index (χ0) is 20.6. The lowest BCUT2D eigenvalue weighted by atomic mass is 10.1.